The summed E-state index contributed by atoms with van der Waals surface area (Å²) in [6.45, 7) is 0. The summed E-state index contributed by atoms with van der Waals surface area (Å²) in [4.78, 5) is 24.9. The molecule has 5 heteroatoms. The lowest BCUT2D eigenvalue weighted by Gasteiger charge is -2.17. The van der Waals surface area contributed by atoms with E-state index < -0.39 is 18.2 Å². The molecule has 0 spiro atoms. The lowest BCUT2D eigenvalue weighted by molar-refractivity contribution is -0.132. The van der Waals surface area contributed by atoms with Crippen LogP contribution >= 0.6 is 0 Å². The fraction of sp³-hybridized carbons (Fsp3) is 0.200. The average Bonchev–Trinajstić information content (AvgIpc) is 2.45. The van der Waals surface area contributed by atoms with Gasteiger partial charge in [-0.05, 0) is 12.1 Å². The van der Waals surface area contributed by atoms with Gasteiger partial charge in [-0.1, -0.05) is 18.2 Å². The molecule has 0 radical (unpaired) electrons. The normalized spacial score (nSPS) is 21.3. The van der Waals surface area contributed by atoms with E-state index >= 15 is 0 Å². The number of hydrogen-bond donors (Lipinski definition) is 1. The molecule has 0 aromatic heterocycles. The summed E-state index contributed by atoms with van der Waals surface area (Å²) in [5.74, 6) is -0.608. The Morgan fingerprint density at radius 3 is 2.27 bits per heavy atom. The van der Waals surface area contributed by atoms with Gasteiger partial charge >= 0.3 is 6.03 Å². The van der Waals surface area contributed by atoms with Crippen molar-refractivity contribution in [3.63, 3.8) is 0 Å². The van der Waals surface area contributed by atoms with E-state index in [0.717, 1.165) is 9.80 Å². The molecular formula is C10H10N2O3. The van der Waals surface area contributed by atoms with E-state index in [-0.39, 0.29) is 0 Å². The van der Waals surface area contributed by atoms with Gasteiger partial charge in [0.1, 0.15) is 0 Å². The summed E-state index contributed by atoms with van der Waals surface area (Å²) in [7, 11) is 1.34. The van der Waals surface area contributed by atoms with E-state index in [4.69, 9.17) is 0 Å². The molecule has 0 saturated carbocycles. The molecule has 0 bridgehead atoms. The number of carbonyl (C=O) groups is 2. The quantitative estimate of drug-likeness (QED) is 0.677. The second-order valence-electron chi connectivity index (χ2n) is 3.26. The number of aliphatic hydroxyl groups is 1. The molecule has 1 fully saturated rings. The molecule has 1 N–H and O–H groups in total. The van der Waals surface area contributed by atoms with Crippen molar-refractivity contribution in [2.24, 2.45) is 0 Å². The number of anilines is 1. The van der Waals surface area contributed by atoms with Crippen LogP contribution in [0.1, 0.15) is 0 Å². The van der Waals surface area contributed by atoms with Crippen LogP contribution in [-0.4, -0.2) is 35.2 Å². The predicted octanol–water partition coefficient (Wildman–Crippen LogP) is 0.403. The zero-order valence-electron chi connectivity index (χ0n) is 8.12. The van der Waals surface area contributed by atoms with E-state index in [2.05, 4.69) is 0 Å². The fourth-order valence-corrected chi connectivity index (χ4v) is 1.48. The third kappa shape index (κ3) is 1.37. The molecule has 1 aliphatic heterocycles. The van der Waals surface area contributed by atoms with Crippen molar-refractivity contribution in [1.29, 1.82) is 0 Å². The lowest BCUT2D eigenvalue weighted by atomic mass is 10.3. The number of imide groups is 1. The summed E-state index contributed by atoms with van der Waals surface area (Å²) in [5, 5.41) is 9.57. The Morgan fingerprint density at radius 1 is 1.20 bits per heavy atom. The smallest absolute Gasteiger partial charge is 0.333 e. The maximum absolute atomic E-state index is 11.6. The van der Waals surface area contributed by atoms with Crippen LogP contribution in [0.4, 0.5) is 10.5 Å². The highest BCUT2D eigenvalue weighted by Gasteiger charge is 2.42. The van der Waals surface area contributed by atoms with Gasteiger partial charge in [0.25, 0.3) is 5.91 Å². The zero-order valence-corrected chi connectivity index (χ0v) is 8.12. The maximum Gasteiger partial charge on any atom is 0.333 e. The Balaban J connectivity index is 2.39. The maximum atomic E-state index is 11.6. The number of rotatable bonds is 1. The minimum Gasteiger partial charge on any atom is -0.365 e. The number of carbonyl (C=O) groups excluding carboxylic acids is 2. The van der Waals surface area contributed by atoms with E-state index in [1.807, 2.05) is 0 Å². The van der Waals surface area contributed by atoms with Crippen molar-refractivity contribution in [2.45, 2.75) is 6.23 Å². The number of likely N-dealkylation sites (N-methyl/N-ethyl adjacent to an activating group) is 1. The van der Waals surface area contributed by atoms with Gasteiger partial charge in [0.05, 0.1) is 0 Å². The molecule has 1 aromatic carbocycles. The molecule has 2 rings (SSSR count). The second kappa shape index (κ2) is 3.36. The Morgan fingerprint density at radius 2 is 1.80 bits per heavy atom. The van der Waals surface area contributed by atoms with Crippen LogP contribution in [-0.2, 0) is 4.79 Å². The minimum absolute atomic E-state index is 0.507. The standard InChI is InChI=1S/C10H10N2O3/c1-11-8(13)9(14)12(10(11)15)7-5-3-2-4-6-7/h2-6,9,14H,1H3/t9-/m0/s1. The predicted molar refractivity (Wildman–Crippen MR) is 53.1 cm³/mol. The molecular weight excluding hydrogens is 196 g/mol. The van der Waals surface area contributed by atoms with Gasteiger partial charge < -0.3 is 5.11 Å². The summed E-state index contributed by atoms with van der Waals surface area (Å²) < 4.78 is 0. The highest BCUT2D eigenvalue weighted by atomic mass is 16.3. The molecule has 5 nitrogen and oxygen atoms in total. The Hall–Kier alpha value is -1.88. The largest absolute Gasteiger partial charge is 0.365 e. The molecule has 15 heavy (non-hydrogen) atoms. The van der Waals surface area contributed by atoms with Crippen LogP contribution in [0.25, 0.3) is 0 Å². The fourth-order valence-electron chi connectivity index (χ4n) is 1.48. The van der Waals surface area contributed by atoms with Crippen molar-refractivity contribution < 1.29 is 14.7 Å². The molecule has 1 aliphatic rings. The van der Waals surface area contributed by atoms with Crippen LogP contribution in [0.3, 0.4) is 0 Å². The van der Waals surface area contributed by atoms with Crippen LogP contribution < -0.4 is 4.90 Å². The van der Waals surface area contributed by atoms with E-state index in [1.165, 1.54) is 7.05 Å². The van der Waals surface area contributed by atoms with E-state index in [9.17, 15) is 14.7 Å². The Kier molecular flexibility index (Phi) is 2.17. The summed E-state index contributed by atoms with van der Waals surface area (Å²) >= 11 is 0. The number of aliphatic hydroxyl groups excluding tert-OH is 1. The van der Waals surface area contributed by atoms with Crippen LogP contribution in [0.5, 0.6) is 0 Å². The first-order valence-electron chi connectivity index (χ1n) is 4.47. The summed E-state index contributed by atoms with van der Waals surface area (Å²) in [6, 6.07) is 8.07. The highest BCUT2D eigenvalue weighted by molar-refractivity contribution is 6.13. The van der Waals surface area contributed by atoms with Crippen molar-refractivity contribution in [3.05, 3.63) is 30.3 Å². The minimum atomic E-state index is -1.41. The molecule has 1 saturated heterocycles. The van der Waals surface area contributed by atoms with Crippen molar-refractivity contribution in [2.75, 3.05) is 11.9 Å². The zero-order chi connectivity index (χ0) is 11.0. The molecule has 0 aliphatic carbocycles. The molecule has 1 atom stereocenters. The average molecular weight is 206 g/mol. The first-order chi connectivity index (χ1) is 7.13. The van der Waals surface area contributed by atoms with Crippen LogP contribution in [0.15, 0.2) is 30.3 Å². The molecule has 78 valence electrons. The van der Waals surface area contributed by atoms with E-state index in [0.29, 0.717) is 5.69 Å². The number of amides is 3. The van der Waals surface area contributed by atoms with Crippen LogP contribution in [0, 0.1) is 0 Å². The summed E-state index contributed by atoms with van der Waals surface area (Å²) in [5.41, 5.74) is 0.507. The number of benzene rings is 1. The Bertz CT molecular complexity index is 404. The molecule has 0 unspecified atom stereocenters. The van der Waals surface area contributed by atoms with Gasteiger partial charge in [-0.15, -0.1) is 0 Å². The van der Waals surface area contributed by atoms with Crippen molar-refractivity contribution >= 4 is 17.6 Å². The summed E-state index contributed by atoms with van der Waals surface area (Å²) in [6.07, 6.45) is -1.41. The first-order valence-corrected chi connectivity index (χ1v) is 4.47. The number of hydrogen-bond acceptors (Lipinski definition) is 3. The van der Waals surface area contributed by atoms with Gasteiger partial charge in [-0.2, -0.15) is 0 Å². The van der Waals surface area contributed by atoms with Gasteiger partial charge in [-0.25, -0.2) is 4.79 Å². The molecule has 1 aromatic rings. The van der Waals surface area contributed by atoms with Crippen molar-refractivity contribution in [1.82, 2.24) is 4.90 Å². The van der Waals surface area contributed by atoms with Crippen molar-refractivity contribution in [3.8, 4) is 0 Å². The highest BCUT2D eigenvalue weighted by Crippen LogP contribution is 2.22. The van der Waals surface area contributed by atoms with E-state index in [1.54, 1.807) is 30.3 Å². The molecule has 1 heterocycles. The number of para-hydroxylation sites is 1. The lowest BCUT2D eigenvalue weighted by Crippen LogP contribution is -2.34. The Labute approximate surface area is 86.5 Å². The van der Waals surface area contributed by atoms with Crippen LogP contribution in [0.2, 0.25) is 0 Å². The monoisotopic (exact) mass is 206 g/mol. The number of nitrogens with zero attached hydrogens (tertiary/aromatic N) is 2. The third-order valence-electron chi connectivity index (χ3n) is 2.32. The molecule has 3 amide bonds. The second-order valence-corrected chi connectivity index (χ2v) is 3.26. The number of urea groups is 1. The topological polar surface area (TPSA) is 60.9 Å². The van der Waals surface area contributed by atoms with Gasteiger partial charge in [0.15, 0.2) is 0 Å². The van der Waals surface area contributed by atoms with Gasteiger partial charge in [0, 0.05) is 12.7 Å². The SMILES string of the molecule is CN1C(=O)[C@H](O)N(c2ccccc2)C1=O. The van der Waals surface area contributed by atoms with Gasteiger partial charge in [-0.3, -0.25) is 14.6 Å². The third-order valence-corrected chi connectivity index (χ3v) is 2.32. The van der Waals surface area contributed by atoms with Gasteiger partial charge in [0.2, 0.25) is 6.23 Å². The first kappa shape index (κ1) is 9.67.